The van der Waals surface area contributed by atoms with Gasteiger partial charge in [-0.15, -0.1) is 0 Å². The molecule has 0 saturated carbocycles. The normalized spacial score (nSPS) is 15.9. The standard InChI is InChI=1S/C25H24N2O4S/c1-17-12-14-27(15-13-17)32(29,30)20-9-6-18(7-10-20)25(28)26-19-8-11-24-22(16-19)21-4-2-3-5-23(21)31-24/h2-11,16-17H,12-15H2,1H3,(H,26,28). The third-order valence-corrected chi connectivity index (χ3v) is 8.04. The number of hydrogen-bond acceptors (Lipinski definition) is 4. The SMILES string of the molecule is CC1CCN(S(=O)(=O)c2ccc(C(=O)Nc3ccc4oc5ccccc5c4c3)cc2)CC1. The van der Waals surface area contributed by atoms with E-state index in [1.165, 1.54) is 16.4 Å². The van der Waals surface area contributed by atoms with Gasteiger partial charge < -0.3 is 9.73 Å². The van der Waals surface area contributed by atoms with Crippen LogP contribution >= 0.6 is 0 Å². The lowest BCUT2D eigenvalue weighted by molar-refractivity contribution is 0.102. The molecule has 6 nitrogen and oxygen atoms in total. The Morgan fingerprint density at radius 1 is 0.938 bits per heavy atom. The van der Waals surface area contributed by atoms with Crippen molar-refractivity contribution in [3.63, 3.8) is 0 Å². The number of sulfonamides is 1. The number of nitrogens with zero attached hydrogens (tertiary/aromatic N) is 1. The summed E-state index contributed by atoms with van der Waals surface area (Å²) in [7, 11) is -3.53. The highest BCUT2D eigenvalue weighted by Crippen LogP contribution is 2.30. The Labute approximate surface area is 186 Å². The zero-order valence-corrected chi connectivity index (χ0v) is 18.6. The van der Waals surface area contributed by atoms with E-state index >= 15 is 0 Å². The van der Waals surface area contributed by atoms with Gasteiger partial charge in [-0.1, -0.05) is 25.1 Å². The van der Waals surface area contributed by atoms with Crippen LogP contribution in [0.15, 0.2) is 76.0 Å². The van der Waals surface area contributed by atoms with Gasteiger partial charge in [-0.25, -0.2) is 8.42 Å². The van der Waals surface area contributed by atoms with Crippen molar-refractivity contribution < 1.29 is 17.6 Å². The van der Waals surface area contributed by atoms with Crippen molar-refractivity contribution in [2.45, 2.75) is 24.7 Å². The lowest BCUT2D eigenvalue weighted by Crippen LogP contribution is -2.37. The van der Waals surface area contributed by atoms with E-state index in [0.717, 1.165) is 34.8 Å². The van der Waals surface area contributed by atoms with Crippen molar-refractivity contribution in [3.8, 4) is 0 Å². The molecular formula is C25H24N2O4S. The van der Waals surface area contributed by atoms with Gasteiger partial charge in [-0.3, -0.25) is 4.79 Å². The molecule has 1 aromatic heterocycles. The number of carbonyl (C=O) groups excluding carboxylic acids is 1. The minimum absolute atomic E-state index is 0.217. The van der Waals surface area contributed by atoms with E-state index in [2.05, 4.69) is 12.2 Å². The van der Waals surface area contributed by atoms with Gasteiger partial charge in [0.05, 0.1) is 4.90 Å². The lowest BCUT2D eigenvalue weighted by Gasteiger charge is -2.29. The zero-order valence-electron chi connectivity index (χ0n) is 17.7. The number of rotatable bonds is 4. The summed E-state index contributed by atoms with van der Waals surface area (Å²) in [6, 6.07) is 19.4. The molecule has 5 rings (SSSR count). The molecule has 3 aromatic carbocycles. The van der Waals surface area contributed by atoms with Gasteiger partial charge in [0.15, 0.2) is 0 Å². The second-order valence-corrected chi connectivity index (χ2v) is 10.3. The highest BCUT2D eigenvalue weighted by molar-refractivity contribution is 7.89. The Bertz CT molecular complexity index is 1400. The van der Waals surface area contributed by atoms with Gasteiger partial charge in [0.2, 0.25) is 10.0 Å². The number of fused-ring (bicyclic) bond motifs is 3. The number of hydrogen-bond donors (Lipinski definition) is 1. The fourth-order valence-corrected chi connectivity index (χ4v) is 5.63. The van der Waals surface area contributed by atoms with Gasteiger partial charge in [0, 0.05) is 35.1 Å². The van der Waals surface area contributed by atoms with E-state index in [9.17, 15) is 13.2 Å². The lowest BCUT2D eigenvalue weighted by atomic mass is 10.0. The summed E-state index contributed by atoms with van der Waals surface area (Å²) in [6.45, 7) is 3.22. The molecule has 1 aliphatic heterocycles. The molecule has 0 bridgehead atoms. The summed E-state index contributed by atoms with van der Waals surface area (Å²) in [5, 5.41) is 4.80. The van der Waals surface area contributed by atoms with E-state index < -0.39 is 10.0 Å². The van der Waals surface area contributed by atoms with Crippen LogP contribution in [0.25, 0.3) is 21.9 Å². The molecule has 0 radical (unpaired) electrons. The Morgan fingerprint density at radius 2 is 1.62 bits per heavy atom. The smallest absolute Gasteiger partial charge is 0.255 e. The molecular weight excluding hydrogens is 424 g/mol. The molecule has 2 heterocycles. The van der Waals surface area contributed by atoms with E-state index in [1.54, 1.807) is 18.2 Å². The Morgan fingerprint density at radius 3 is 2.38 bits per heavy atom. The average Bonchev–Trinajstić information content (AvgIpc) is 3.17. The predicted octanol–water partition coefficient (Wildman–Crippen LogP) is 5.26. The van der Waals surface area contributed by atoms with E-state index in [0.29, 0.717) is 30.3 Å². The molecule has 4 aromatic rings. The van der Waals surface area contributed by atoms with Crippen LogP contribution < -0.4 is 5.32 Å². The van der Waals surface area contributed by atoms with Crippen LogP contribution in [0.2, 0.25) is 0 Å². The maximum absolute atomic E-state index is 12.9. The number of para-hydroxylation sites is 1. The first kappa shape index (κ1) is 20.7. The first-order valence-electron chi connectivity index (χ1n) is 10.7. The fourth-order valence-electron chi connectivity index (χ4n) is 4.16. The summed E-state index contributed by atoms with van der Waals surface area (Å²) >= 11 is 0. The third kappa shape index (κ3) is 3.78. The van der Waals surface area contributed by atoms with Crippen LogP contribution in [0, 0.1) is 5.92 Å². The maximum Gasteiger partial charge on any atom is 0.255 e. The summed E-state index contributed by atoms with van der Waals surface area (Å²) in [5.74, 6) is 0.250. The monoisotopic (exact) mass is 448 g/mol. The number of furan rings is 1. The van der Waals surface area contributed by atoms with Gasteiger partial charge in [0.1, 0.15) is 11.2 Å². The van der Waals surface area contributed by atoms with Gasteiger partial charge >= 0.3 is 0 Å². The average molecular weight is 449 g/mol. The molecule has 164 valence electrons. The molecule has 7 heteroatoms. The van der Waals surface area contributed by atoms with E-state index in [4.69, 9.17) is 4.42 Å². The molecule has 1 N–H and O–H groups in total. The van der Waals surface area contributed by atoms with Crippen molar-refractivity contribution in [1.82, 2.24) is 4.31 Å². The number of amides is 1. The molecule has 0 unspecified atom stereocenters. The first-order chi connectivity index (χ1) is 15.4. The van der Waals surface area contributed by atoms with Gasteiger partial charge in [0.25, 0.3) is 5.91 Å². The largest absolute Gasteiger partial charge is 0.456 e. The van der Waals surface area contributed by atoms with E-state index in [-0.39, 0.29) is 10.8 Å². The van der Waals surface area contributed by atoms with Crippen LogP contribution in [0.3, 0.4) is 0 Å². The highest BCUT2D eigenvalue weighted by atomic mass is 32.2. The molecule has 1 amide bonds. The Hall–Kier alpha value is -3.16. The number of anilines is 1. The molecule has 0 atom stereocenters. The highest BCUT2D eigenvalue weighted by Gasteiger charge is 2.28. The Kier molecular flexibility index (Phi) is 5.23. The predicted molar refractivity (Wildman–Crippen MR) is 125 cm³/mol. The van der Waals surface area contributed by atoms with Gasteiger partial charge in [-0.2, -0.15) is 4.31 Å². The fraction of sp³-hybridized carbons (Fsp3) is 0.240. The Balaban J connectivity index is 1.34. The maximum atomic E-state index is 12.9. The summed E-state index contributed by atoms with van der Waals surface area (Å²) in [4.78, 5) is 13.0. The van der Waals surface area contributed by atoms with Crippen LogP contribution in [-0.2, 0) is 10.0 Å². The van der Waals surface area contributed by atoms with Crippen molar-refractivity contribution in [2.24, 2.45) is 5.92 Å². The summed E-state index contributed by atoms with van der Waals surface area (Å²) < 4.78 is 33.1. The van der Waals surface area contributed by atoms with Crippen molar-refractivity contribution in [2.75, 3.05) is 18.4 Å². The minimum atomic E-state index is -3.53. The second kappa shape index (κ2) is 8.07. The van der Waals surface area contributed by atoms with E-state index in [1.807, 2.05) is 36.4 Å². The molecule has 0 spiro atoms. The second-order valence-electron chi connectivity index (χ2n) is 8.37. The number of piperidine rings is 1. The van der Waals surface area contributed by atoms with Crippen LogP contribution in [0.4, 0.5) is 5.69 Å². The molecule has 32 heavy (non-hydrogen) atoms. The van der Waals surface area contributed by atoms with Crippen LogP contribution in [-0.4, -0.2) is 31.7 Å². The van der Waals surface area contributed by atoms with Crippen molar-refractivity contribution >= 4 is 43.6 Å². The van der Waals surface area contributed by atoms with Crippen molar-refractivity contribution in [3.05, 3.63) is 72.3 Å². The molecule has 1 fully saturated rings. The third-order valence-electron chi connectivity index (χ3n) is 6.13. The summed E-state index contributed by atoms with van der Waals surface area (Å²) in [6.07, 6.45) is 1.74. The van der Waals surface area contributed by atoms with Gasteiger partial charge in [-0.05, 0) is 67.3 Å². The molecule has 0 aliphatic carbocycles. The minimum Gasteiger partial charge on any atom is -0.456 e. The van der Waals surface area contributed by atoms with Crippen LogP contribution in [0.1, 0.15) is 30.1 Å². The summed E-state index contributed by atoms with van der Waals surface area (Å²) in [5.41, 5.74) is 2.60. The van der Waals surface area contributed by atoms with Crippen molar-refractivity contribution in [1.29, 1.82) is 0 Å². The first-order valence-corrected chi connectivity index (χ1v) is 12.2. The molecule has 1 saturated heterocycles. The molecule has 1 aliphatic rings. The quantitative estimate of drug-likeness (QED) is 0.462. The topological polar surface area (TPSA) is 79.6 Å². The number of carbonyl (C=O) groups is 1. The number of nitrogens with one attached hydrogen (secondary N) is 1. The zero-order chi connectivity index (χ0) is 22.3. The number of benzene rings is 3. The van der Waals surface area contributed by atoms with Crippen LogP contribution in [0.5, 0.6) is 0 Å².